The van der Waals surface area contributed by atoms with E-state index in [9.17, 15) is 4.79 Å². The number of hydrogen-bond acceptors (Lipinski definition) is 4. The molecule has 0 unspecified atom stereocenters. The molecule has 1 saturated heterocycles. The zero-order chi connectivity index (χ0) is 16.3. The van der Waals surface area contributed by atoms with Crippen LogP contribution >= 0.6 is 0 Å². The highest BCUT2D eigenvalue weighted by molar-refractivity contribution is 5.90. The third kappa shape index (κ3) is 1.94. The number of ether oxygens (including phenoxy) is 3. The number of Topliss-reactive ketones (excluding diaryl/α,β-unsaturated/α-hetero) is 1. The summed E-state index contributed by atoms with van der Waals surface area (Å²) in [6, 6.07) is 10.3. The van der Waals surface area contributed by atoms with Gasteiger partial charge in [-0.2, -0.15) is 0 Å². The second-order valence-corrected chi connectivity index (χ2v) is 7.66. The predicted octanol–water partition coefficient (Wildman–Crippen LogP) is 2.95. The fraction of sp³-hybridized carbons (Fsp3) is 0.650. The van der Waals surface area contributed by atoms with Crippen LogP contribution in [0, 0.1) is 23.7 Å². The van der Waals surface area contributed by atoms with Crippen LogP contribution in [0.25, 0.3) is 0 Å². The highest BCUT2D eigenvalue weighted by Crippen LogP contribution is 2.66. The van der Waals surface area contributed by atoms with Gasteiger partial charge in [0.2, 0.25) is 0 Å². The molecule has 2 bridgehead atoms. The lowest BCUT2D eigenvalue weighted by molar-refractivity contribution is -0.234. The molecule has 1 heterocycles. The molecule has 0 spiro atoms. The number of ketones is 1. The van der Waals surface area contributed by atoms with Crippen LogP contribution in [0.3, 0.4) is 0 Å². The lowest BCUT2D eigenvalue weighted by Crippen LogP contribution is -2.44. The van der Waals surface area contributed by atoms with Crippen LogP contribution < -0.4 is 0 Å². The SMILES string of the molecule is CCO[C@@]12C[C@H]3C(=O)[C@@H]1[C@@H]1[C@H]3[C@H](OCc3ccccc3)CC[C@@H]1O2. The normalized spacial score (nSPS) is 45.1. The molecule has 0 N–H and O–H groups in total. The summed E-state index contributed by atoms with van der Waals surface area (Å²) in [5, 5.41) is 0. The van der Waals surface area contributed by atoms with Crippen molar-refractivity contribution in [1.82, 2.24) is 0 Å². The first-order chi connectivity index (χ1) is 11.7. The molecular weight excluding hydrogens is 304 g/mol. The van der Waals surface area contributed by atoms with Crippen molar-refractivity contribution in [1.29, 1.82) is 0 Å². The standard InChI is InChI=1S/C20H24O4/c1-2-23-20-10-13-16-14(22-11-12-6-4-3-5-7-12)8-9-15(24-20)17(16)18(20)19(13)21/h3-7,13-18H,2,8-11H2,1H3/t13-,14-,15+,16-,17+,18+,20-/m1/s1. The molecule has 0 radical (unpaired) electrons. The van der Waals surface area contributed by atoms with Crippen molar-refractivity contribution in [3.8, 4) is 0 Å². The summed E-state index contributed by atoms with van der Waals surface area (Å²) in [5.41, 5.74) is 1.19. The van der Waals surface area contributed by atoms with Gasteiger partial charge in [0.25, 0.3) is 0 Å². The maximum atomic E-state index is 12.9. The zero-order valence-electron chi connectivity index (χ0n) is 14.0. The summed E-state index contributed by atoms with van der Waals surface area (Å²) < 4.78 is 18.6. The van der Waals surface area contributed by atoms with Gasteiger partial charge in [-0.1, -0.05) is 30.3 Å². The Morgan fingerprint density at radius 1 is 1.21 bits per heavy atom. The summed E-state index contributed by atoms with van der Waals surface area (Å²) >= 11 is 0. The molecule has 3 saturated carbocycles. The van der Waals surface area contributed by atoms with Crippen LogP contribution in [-0.2, 0) is 25.6 Å². The molecule has 0 amide bonds. The van der Waals surface area contributed by atoms with Crippen LogP contribution in [0.1, 0.15) is 31.7 Å². The average Bonchev–Trinajstić information content (AvgIpc) is 3.14. The first kappa shape index (κ1) is 15.1. The molecule has 1 aliphatic heterocycles. The molecule has 7 atom stereocenters. The summed E-state index contributed by atoms with van der Waals surface area (Å²) in [6.07, 6.45) is 3.04. The number of benzene rings is 1. The fourth-order valence-electron chi connectivity index (χ4n) is 5.88. The Kier molecular flexibility index (Phi) is 3.38. The maximum Gasteiger partial charge on any atom is 0.179 e. The Labute approximate surface area is 142 Å². The van der Waals surface area contributed by atoms with Crippen molar-refractivity contribution in [2.24, 2.45) is 23.7 Å². The Morgan fingerprint density at radius 3 is 2.83 bits per heavy atom. The third-order valence-electron chi connectivity index (χ3n) is 6.58. The second kappa shape index (κ2) is 5.38. The Balaban J connectivity index is 1.37. The van der Waals surface area contributed by atoms with Crippen molar-refractivity contribution < 1.29 is 19.0 Å². The summed E-state index contributed by atoms with van der Waals surface area (Å²) in [4.78, 5) is 12.9. The van der Waals surface area contributed by atoms with Crippen molar-refractivity contribution in [2.75, 3.05) is 6.61 Å². The number of carbonyl (C=O) groups excluding carboxylic acids is 1. The van der Waals surface area contributed by atoms with E-state index in [0.717, 1.165) is 19.3 Å². The van der Waals surface area contributed by atoms with Crippen molar-refractivity contribution >= 4 is 5.78 Å². The molecule has 4 nitrogen and oxygen atoms in total. The van der Waals surface area contributed by atoms with E-state index in [1.165, 1.54) is 5.56 Å². The third-order valence-corrected chi connectivity index (χ3v) is 6.58. The van der Waals surface area contributed by atoms with Crippen molar-refractivity contribution in [3.63, 3.8) is 0 Å². The van der Waals surface area contributed by atoms with Crippen LogP contribution in [0.2, 0.25) is 0 Å². The minimum Gasteiger partial charge on any atom is -0.373 e. The molecule has 4 fully saturated rings. The van der Waals surface area contributed by atoms with Gasteiger partial charge in [0.15, 0.2) is 5.79 Å². The fourth-order valence-corrected chi connectivity index (χ4v) is 5.88. The van der Waals surface area contributed by atoms with Crippen LogP contribution in [0.15, 0.2) is 30.3 Å². The molecule has 24 heavy (non-hydrogen) atoms. The van der Waals surface area contributed by atoms with E-state index in [2.05, 4.69) is 12.1 Å². The Morgan fingerprint density at radius 2 is 2.04 bits per heavy atom. The minimum atomic E-state index is -0.614. The molecule has 3 aliphatic carbocycles. The summed E-state index contributed by atoms with van der Waals surface area (Å²) in [5.74, 6) is 0.393. The van der Waals surface area contributed by atoms with Gasteiger partial charge in [0, 0.05) is 30.8 Å². The molecule has 5 rings (SSSR count). The molecular formula is C20H24O4. The first-order valence-corrected chi connectivity index (χ1v) is 9.24. The average molecular weight is 328 g/mol. The topological polar surface area (TPSA) is 44.8 Å². The van der Waals surface area contributed by atoms with Crippen molar-refractivity contribution in [2.45, 2.75) is 50.8 Å². The van der Waals surface area contributed by atoms with Gasteiger partial charge < -0.3 is 14.2 Å². The molecule has 1 aromatic carbocycles. The number of rotatable bonds is 5. The number of hydrogen-bond donors (Lipinski definition) is 0. The van der Waals surface area contributed by atoms with E-state index in [1.807, 2.05) is 25.1 Å². The molecule has 4 heteroatoms. The van der Waals surface area contributed by atoms with Crippen LogP contribution in [-0.4, -0.2) is 30.4 Å². The largest absolute Gasteiger partial charge is 0.373 e. The number of carbonyl (C=O) groups is 1. The van der Waals surface area contributed by atoms with E-state index in [4.69, 9.17) is 14.2 Å². The molecule has 128 valence electrons. The molecule has 1 aromatic rings. The summed E-state index contributed by atoms with van der Waals surface area (Å²) in [7, 11) is 0. The van der Waals surface area contributed by atoms with E-state index >= 15 is 0 Å². The van der Waals surface area contributed by atoms with E-state index in [0.29, 0.717) is 30.8 Å². The Bertz CT molecular complexity index is 644. The minimum absolute atomic E-state index is 0.0550. The van der Waals surface area contributed by atoms with Gasteiger partial charge in [-0.15, -0.1) is 0 Å². The predicted molar refractivity (Wildman–Crippen MR) is 87.1 cm³/mol. The van der Waals surface area contributed by atoms with Crippen LogP contribution in [0.4, 0.5) is 0 Å². The van der Waals surface area contributed by atoms with E-state index < -0.39 is 5.79 Å². The molecule has 4 aliphatic rings. The first-order valence-electron chi connectivity index (χ1n) is 9.24. The van der Waals surface area contributed by atoms with Crippen molar-refractivity contribution in [3.05, 3.63) is 35.9 Å². The molecule has 0 aromatic heterocycles. The van der Waals surface area contributed by atoms with Gasteiger partial charge in [-0.05, 0) is 25.3 Å². The lowest BCUT2D eigenvalue weighted by Gasteiger charge is -2.39. The zero-order valence-corrected chi connectivity index (χ0v) is 14.0. The van der Waals surface area contributed by atoms with E-state index in [-0.39, 0.29) is 24.0 Å². The lowest BCUT2D eigenvalue weighted by atomic mass is 9.68. The highest BCUT2D eigenvalue weighted by Gasteiger charge is 2.75. The summed E-state index contributed by atoms with van der Waals surface area (Å²) in [6.45, 7) is 3.22. The second-order valence-electron chi connectivity index (χ2n) is 7.66. The van der Waals surface area contributed by atoms with Crippen LogP contribution in [0.5, 0.6) is 0 Å². The van der Waals surface area contributed by atoms with Gasteiger partial charge in [0.05, 0.1) is 24.7 Å². The van der Waals surface area contributed by atoms with Gasteiger partial charge >= 0.3 is 0 Å². The highest BCUT2D eigenvalue weighted by atomic mass is 16.7. The number of fused-ring (bicyclic) bond motifs is 2. The smallest absolute Gasteiger partial charge is 0.179 e. The van der Waals surface area contributed by atoms with E-state index in [1.54, 1.807) is 0 Å². The monoisotopic (exact) mass is 328 g/mol. The van der Waals surface area contributed by atoms with Gasteiger partial charge in [0.1, 0.15) is 5.78 Å². The van der Waals surface area contributed by atoms with Gasteiger partial charge in [-0.3, -0.25) is 4.79 Å². The van der Waals surface area contributed by atoms with Gasteiger partial charge in [-0.25, -0.2) is 0 Å². The Hall–Kier alpha value is -1.23. The maximum absolute atomic E-state index is 12.9. The quantitative estimate of drug-likeness (QED) is 0.834.